The highest BCUT2D eigenvalue weighted by atomic mass is 35.5. The lowest BCUT2D eigenvalue weighted by atomic mass is 10.2. The lowest BCUT2D eigenvalue weighted by Gasteiger charge is -2.04. The number of hydrogen-bond acceptors (Lipinski definition) is 2. The van der Waals surface area contributed by atoms with E-state index in [1.807, 2.05) is 24.3 Å². The molecule has 1 rings (SSSR count). The van der Waals surface area contributed by atoms with Crippen molar-refractivity contribution in [3.05, 3.63) is 34.9 Å². The molecule has 0 aromatic heterocycles. The van der Waals surface area contributed by atoms with Crippen molar-refractivity contribution in [2.75, 3.05) is 13.7 Å². The van der Waals surface area contributed by atoms with Crippen molar-refractivity contribution in [3.8, 4) is 5.75 Å². The Balaban J connectivity index is 2.99. The second-order valence-electron chi connectivity index (χ2n) is 2.52. The topological polar surface area (TPSA) is 35.2 Å². The number of benzene rings is 1. The van der Waals surface area contributed by atoms with Crippen LogP contribution in [0.4, 0.5) is 0 Å². The number of halogens is 1. The molecule has 0 bridgehead atoms. The predicted octanol–water partition coefficient (Wildman–Crippen LogP) is 2.32. The molecule has 0 saturated heterocycles. The first-order valence-electron chi connectivity index (χ1n) is 3.98. The quantitative estimate of drug-likeness (QED) is 0.807. The molecule has 70 valence electrons. The van der Waals surface area contributed by atoms with Crippen LogP contribution in [0.5, 0.6) is 5.75 Å². The molecule has 0 aliphatic rings. The van der Waals surface area contributed by atoms with Gasteiger partial charge in [-0.1, -0.05) is 23.8 Å². The molecule has 1 aromatic rings. The molecule has 0 saturated carbocycles. The number of nitrogens with two attached hydrogens (primary N) is 1. The number of rotatable bonds is 3. The minimum Gasteiger partial charge on any atom is -0.496 e. The first-order valence-corrected chi connectivity index (χ1v) is 4.36. The van der Waals surface area contributed by atoms with Crippen LogP contribution in [-0.4, -0.2) is 13.7 Å². The largest absolute Gasteiger partial charge is 0.496 e. The molecule has 0 fully saturated rings. The molecule has 2 N–H and O–H groups in total. The number of ether oxygens (including phenoxy) is 1. The van der Waals surface area contributed by atoms with Crippen LogP contribution < -0.4 is 10.5 Å². The molecule has 0 radical (unpaired) electrons. The van der Waals surface area contributed by atoms with Gasteiger partial charge in [0.15, 0.2) is 0 Å². The summed E-state index contributed by atoms with van der Waals surface area (Å²) in [6.07, 6.45) is 3.78. The summed E-state index contributed by atoms with van der Waals surface area (Å²) in [5.41, 5.74) is 6.33. The normalized spacial score (nSPS) is 10.7. The summed E-state index contributed by atoms with van der Waals surface area (Å²) in [4.78, 5) is 0. The fourth-order valence-electron chi connectivity index (χ4n) is 1.02. The Bertz CT molecular complexity index is 310. The third kappa shape index (κ3) is 2.76. The molecular formula is C10H12ClNO. The SMILES string of the molecule is COc1cc(Cl)ccc1C=CCN. The van der Waals surface area contributed by atoms with E-state index in [0.717, 1.165) is 11.3 Å². The highest BCUT2D eigenvalue weighted by Crippen LogP contribution is 2.23. The summed E-state index contributed by atoms with van der Waals surface area (Å²) in [6, 6.07) is 5.49. The van der Waals surface area contributed by atoms with Gasteiger partial charge in [-0.15, -0.1) is 0 Å². The molecule has 13 heavy (non-hydrogen) atoms. The lowest BCUT2D eigenvalue weighted by molar-refractivity contribution is 0.414. The van der Waals surface area contributed by atoms with E-state index >= 15 is 0 Å². The Morgan fingerprint density at radius 1 is 1.54 bits per heavy atom. The van der Waals surface area contributed by atoms with E-state index in [1.165, 1.54) is 0 Å². The smallest absolute Gasteiger partial charge is 0.127 e. The van der Waals surface area contributed by atoms with Crippen LogP contribution in [0.25, 0.3) is 6.08 Å². The molecule has 0 spiro atoms. The lowest BCUT2D eigenvalue weighted by Crippen LogP contribution is -1.92. The molecular weight excluding hydrogens is 186 g/mol. The molecule has 0 unspecified atom stereocenters. The summed E-state index contributed by atoms with van der Waals surface area (Å²) in [7, 11) is 1.62. The fourth-order valence-corrected chi connectivity index (χ4v) is 1.18. The van der Waals surface area contributed by atoms with Crippen molar-refractivity contribution < 1.29 is 4.74 Å². The van der Waals surface area contributed by atoms with Crippen LogP contribution >= 0.6 is 11.6 Å². The van der Waals surface area contributed by atoms with E-state index in [1.54, 1.807) is 13.2 Å². The zero-order chi connectivity index (χ0) is 9.68. The molecule has 0 amide bonds. The monoisotopic (exact) mass is 197 g/mol. The second-order valence-corrected chi connectivity index (χ2v) is 2.96. The predicted molar refractivity (Wildman–Crippen MR) is 56.1 cm³/mol. The van der Waals surface area contributed by atoms with Crippen LogP contribution in [0.3, 0.4) is 0 Å². The Labute approximate surface area is 83.0 Å². The molecule has 0 atom stereocenters. The average Bonchev–Trinajstić information content (AvgIpc) is 2.16. The Kier molecular flexibility index (Phi) is 3.80. The highest BCUT2D eigenvalue weighted by molar-refractivity contribution is 6.30. The van der Waals surface area contributed by atoms with Crippen LogP contribution in [0.2, 0.25) is 5.02 Å². The van der Waals surface area contributed by atoms with E-state index < -0.39 is 0 Å². The third-order valence-electron chi connectivity index (χ3n) is 1.63. The second kappa shape index (κ2) is 4.90. The van der Waals surface area contributed by atoms with Gasteiger partial charge in [0.2, 0.25) is 0 Å². The summed E-state index contributed by atoms with van der Waals surface area (Å²) in [5, 5.41) is 0.668. The van der Waals surface area contributed by atoms with Crippen LogP contribution in [0.15, 0.2) is 24.3 Å². The van der Waals surface area contributed by atoms with Crippen molar-refractivity contribution in [2.45, 2.75) is 0 Å². The minimum atomic E-state index is 0.520. The van der Waals surface area contributed by atoms with Crippen molar-refractivity contribution in [2.24, 2.45) is 5.73 Å². The van der Waals surface area contributed by atoms with Gasteiger partial charge in [-0.2, -0.15) is 0 Å². The van der Waals surface area contributed by atoms with Gasteiger partial charge in [0.05, 0.1) is 7.11 Å². The van der Waals surface area contributed by atoms with Gasteiger partial charge >= 0.3 is 0 Å². The van der Waals surface area contributed by atoms with Gasteiger partial charge in [-0.05, 0) is 18.2 Å². The molecule has 1 aromatic carbocycles. The zero-order valence-corrected chi connectivity index (χ0v) is 8.21. The van der Waals surface area contributed by atoms with Crippen molar-refractivity contribution in [3.63, 3.8) is 0 Å². The van der Waals surface area contributed by atoms with Crippen LogP contribution in [0.1, 0.15) is 5.56 Å². The number of hydrogen-bond donors (Lipinski definition) is 1. The molecule has 2 nitrogen and oxygen atoms in total. The van der Waals surface area contributed by atoms with E-state index in [4.69, 9.17) is 22.1 Å². The maximum Gasteiger partial charge on any atom is 0.127 e. The summed E-state index contributed by atoms with van der Waals surface area (Å²) in [6.45, 7) is 0.520. The Morgan fingerprint density at radius 2 is 2.31 bits per heavy atom. The first kappa shape index (κ1) is 10.1. The molecule has 0 aliphatic heterocycles. The third-order valence-corrected chi connectivity index (χ3v) is 1.86. The molecule has 3 heteroatoms. The van der Waals surface area contributed by atoms with Crippen LogP contribution in [-0.2, 0) is 0 Å². The van der Waals surface area contributed by atoms with Crippen molar-refractivity contribution in [1.29, 1.82) is 0 Å². The maximum atomic E-state index is 5.80. The first-order chi connectivity index (χ1) is 6.27. The average molecular weight is 198 g/mol. The van der Waals surface area contributed by atoms with E-state index in [2.05, 4.69) is 0 Å². The van der Waals surface area contributed by atoms with Gasteiger partial charge in [0.25, 0.3) is 0 Å². The van der Waals surface area contributed by atoms with Gasteiger partial charge in [0.1, 0.15) is 5.75 Å². The minimum absolute atomic E-state index is 0.520. The summed E-state index contributed by atoms with van der Waals surface area (Å²) < 4.78 is 5.15. The summed E-state index contributed by atoms with van der Waals surface area (Å²) >= 11 is 5.80. The van der Waals surface area contributed by atoms with Gasteiger partial charge < -0.3 is 10.5 Å². The number of methoxy groups -OCH3 is 1. The van der Waals surface area contributed by atoms with Gasteiger partial charge in [-0.3, -0.25) is 0 Å². The molecule has 0 heterocycles. The van der Waals surface area contributed by atoms with Crippen LogP contribution in [0, 0.1) is 0 Å². The van der Waals surface area contributed by atoms with Crippen molar-refractivity contribution in [1.82, 2.24) is 0 Å². The maximum absolute atomic E-state index is 5.80. The Hall–Kier alpha value is -0.990. The van der Waals surface area contributed by atoms with Gasteiger partial charge in [-0.25, -0.2) is 0 Å². The Morgan fingerprint density at radius 3 is 2.92 bits per heavy atom. The van der Waals surface area contributed by atoms with E-state index in [9.17, 15) is 0 Å². The highest BCUT2D eigenvalue weighted by Gasteiger charge is 1.99. The van der Waals surface area contributed by atoms with Crippen molar-refractivity contribution >= 4 is 17.7 Å². The summed E-state index contributed by atoms with van der Waals surface area (Å²) in [5.74, 6) is 0.761. The zero-order valence-electron chi connectivity index (χ0n) is 7.46. The van der Waals surface area contributed by atoms with Gasteiger partial charge in [0, 0.05) is 17.1 Å². The fraction of sp³-hybridized carbons (Fsp3) is 0.200. The standard InChI is InChI=1S/C10H12ClNO/c1-13-10-7-9(11)5-4-8(10)3-2-6-12/h2-5,7H,6,12H2,1H3. The van der Waals surface area contributed by atoms with E-state index in [0.29, 0.717) is 11.6 Å². The van der Waals surface area contributed by atoms with E-state index in [-0.39, 0.29) is 0 Å². The molecule has 0 aliphatic carbocycles.